The molecule has 0 aliphatic heterocycles. The van der Waals surface area contributed by atoms with Crippen molar-refractivity contribution in [2.45, 2.75) is 0 Å². The van der Waals surface area contributed by atoms with Gasteiger partial charge in [0.25, 0.3) is 0 Å². The van der Waals surface area contributed by atoms with E-state index in [1.165, 1.54) is 0 Å². The highest BCUT2D eigenvalue weighted by molar-refractivity contribution is 6.28. The minimum atomic E-state index is -0.568. The van der Waals surface area contributed by atoms with Crippen LogP contribution in [0.4, 0.5) is 0 Å². The Balaban J connectivity index is 1.18. The first-order chi connectivity index (χ1) is 37.1. The fourth-order valence-corrected chi connectivity index (χ4v) is 10.4. The summed E-state index contributed by atoms with van der Waals surface area (Å²) in [6, 6.07) is 36.4. The molecule has 2 aromatic heterocycles. The number of hydrogen-bond acceptors (Lipinski definition) is 2. The molecule has 0 aliphatic rings. The Bertz CT molecular complexity index is 5180. The lowest BCUT2D eigenvalue weighted by molar-refractivity contribution is 0.668. The Morgan fingerprint density at radius 3 is 1.41 bits per heavy atom. The van der Waals surface area contributed by atoms with Crippen LogP contribution in [0.3, 0.4) is 0 Å². The zero-order valence-electron chi connectivity index (χ0n) is 46.4. The van der Waals surface area contributed by atoms with E-state index >= 15 is 0 Å². The molecule has 64 heavy (non-hydrogen) atoms. The molecule has 0 spiro atoms. The smallest absolute Gasteiger partial charge is 0.135 e. The van der Waals surface area contributed by atoms with Crippen LogP contribution >= 0.6 is 0 Å². The predicted octanol–water partition coefficient (Wildman–Crippen LogP) is 17.9. The van der Waals surface area contributed by atoms with Gasteiger partial charge in [-0.25, -0.2) is 0 Å². The Kier molecular flexibility index (Phi) is 4.76. The first-order valence-corrected chi connectivity index (χ1v) is 21.0. The average Bonchev–Trinajstić information content (AvgIpc) is 4.30. The van der Waals surface area contributed by atoms with Gasteiger partial charge >= 0.3 is 0 Å². The van der Waals surface area contributed by atoms with Crippen molar-refractivity contribution in [2.75, 3.05) is 0 Å². The van der Waals surface area contributed by atoms with E-state index in [4.69, 9.17) is 19.8 Å². The molecular formula is C62H34O2. The Labute approximate surface area is 384 Å². The molecule has 0 bridgehead atoms. The van der Waals surface area contributed by atoms with Crippen LogP contribution in [0.1, 0.15) is 17.8 Å². The molecule has 15 aromatic rings. The lowest BCUT2D eigenvalue weighted by atomic mass is 9.81. The van der Waals surface area contributed by atoms with E-state index in [0.717, 1.165) is 70.2 Å². The summed E-state index contributed by atoms with van der Waals surface area (Å²) in [5, 5.41) is 11.9. The first-order valence-electron chi connectivity index (χ1n) is 27.5. The number of para-hydroxylation sites is 2. The summed E-state index contributed by atoms with van der Waals surface area (Å²) < 4.78 is 132. The minimum Gasteiger partial charge on any atom is -0.456 e. The van der Waals surface area contributed by atoms with Crippen LogP contribution in [0.5, 0.6) is 0 Å². The lowest BCUT2D eigenvalue weighted by Gasteiger charge is -2.22. The monoisotopic (exact) mass is 823 g/mol. The third kappa shape index (κ3) is 4.69. The van der Waals surface area contributed by atoms with Gasteiger partial charge in [-0.1, -0.05) is 158 Å². The fraction of sp³-hybridized carbons (Fsp3) is 0. The van der Waals surface area contributed by atoms with Gasteiger partial charge < -0.3 is 8.83 Å². The SMILES string of the molecule is [2H]c1c(-c2c(-c3c([2H])c([2H])c4oc5c([2H])c([2H])c([2H])c([2H])c5c4c3[2H])cc(-c3ccc4ccc5cccc6ccc3c4c56)cc2-c2ccc3ccc4cccc5ccc2c3c45)cc2c(oc3c([2H])c([2H])c([2H])c([2H])c32)c1[2H]. The topological polar surface area (TPSA) is 26.3 Å². The number of rotatable bonds is 4. The highest BCUT2D eigenvalue weighted by Crippen LogP contribution is 2.50. The van der Waals surface area contributed by atoms with Crippen LogP contribution in [0.2, 0.25) is 0 Å². The second kappa shape index (κ2) is 12.6. The third-order valence-electron chi connectivity index (χ3n) is 13.2. The zero-order valence-corrected chi connectivity index (χ0v) is 33.4. The maximum absolute atomic E-state index is 10.3. The Morgan fingerprint density at radius 1 is 0.297 bits per heavy atom. The second-order valence-corrected chi connectivity index (χ2v) is 16.5. The van der Waals surface area contributed by atoms with Crippen LogP contribution in [-0.2, 0) is 0 Å². The molecule has 0 aliphatic carbocycles. The van der Waals surface area contributed by atoms with E-state index in [-0.39, 0.29) is 78.2 Å². The normalized spacial score (nSPS) is 15.2. The van der Waals surface area contributed by atoms with Gasteiger partial charge in [-0.3, -0.25) is 0 Å². The van der Waals surface area contributed by atoms with Crippen LogP contribution in [0.25, 0.3) is 153 Å². The van der Waals surface area contributed by atoms with Gasteiger partial charge in [0.05, 0.1) is 17.8 Å². The number of benzene rings is 13. The largest absolute Gasteiger partial charge is 0.456 e. The van der Waals surface area contributed by atoms with Crippen LogP contribution < -0.4 is 0 Å². The molecule has 13 aromatic carbocycles. The molecule has 0 atom stereocenters. The van der Waals surface area contributed by atoms with Crippen molar-refractivity contribution in [1.82, 2.24) is 0 Å². The maximum Gasteiger partial charge on any atom is 0.135 e. The van der Waals surface area contributed by atoms with Crippen molar-refractivity contribution in [2.24, 2.45) is 0 Å². The maximum atomic E-state index is 10.3. The summed E-state index contributed by atoms with van der Waals surface area (Å²) in [6.45, 7) is 0. The number of furan rings is 2. The second-order valence-electron chi connectivity index (χ2n) is 16.5. The molecule has 0 saturated carbocycles. The molecule has 0 amide bonds. The molecule has 0 unspecified atom stereocenters. The highest BCUT2D eigenvalue weighted by atomic mass is 16.3. The molecular weight excluding hydrogens is 777 g/mol. The lowest BCUT2D eigenvalue weighted by Crippen LogP contribution is -1.95. The van der Waals surface area contributed by atoms with E-state index in [1.807, 2.05) is 42.5 Å². The molecule has 0 radical (unpaired) electrons. The van der Waals surface area contributed by atoms with Gasteiger partial charge in [-0.2, -0.15) is 0 Å². The van der Waals surface area contributed by atoms with Gasteiger partial charge in [-0.05, 0) is 158 Å². The first kappa shape index (κ1) is 24.2. The van der Waals surface area contributed by atoms with E-state index in [1.54, 1.807) is 6.07 Å². The summed E-state index contributed by atoms with van der Waals surface area (Å²) in [5.74, 6) is 0. The van der Waals surface area contributed by atoms with E-state index < -0.39 is 66.5 Å². The summed E-state index contributed by atoms with van der Waals surface area (Å²) in [5.41, 5.74) is 2.18. The minimum absolute atomic E-state index is 0.00747. The average molecular weight is 824 g/mol. The van der Waals surface area contributed by atoms with Gasteiger partial charge in [-0.15, -0.1) is 0 Å². The van der Waals surface area contributed by atoms with Gasteiger partial charge in [0.2, 0.25) is 0 Å². The van der Waals surface area contributed by atoms with Crippen LogP contribution in [0, 0.1) is 0 Å². The Morgan fingerprint density at radius 2 is 0.766 bits per heavy atom. The molecule has 2 heteroatoms. The van der Waals surface area contributed by atoms with E-state index in [9.17, 15) is 6.85 Å². The summed E-state index contributed by atoms with van der Waals surface area (Å²) in [7, 11) is 0. The van der Waals surface area contributed by atoms with Gasteiger partial charge in [0.1, 0.15) is 22.3 Å². The quantitative estimate of drug-likeness (QED) is 0.165. The fourth-order valence-electron chi connectivity index (χ4n) is 10.4. The predicted molar refractivity (Wildman–Crippen MR) is 270 cm³/mol. The summed E-state index contributed by atoms with van der Waals surface area (Å²) in [4.78, 5) is 0. The van der Waals surface area contributed by atoms with Crippen LogP contribution in [-0.4, -0.2) is 0 Å². The number of hydrogen-bond donors (Lipinski definition) is 0. The molecule has 0 fully saturated rings. The zero-order chi connectivity index (χ0) is 52.9. The van der Waals surface area contributed by atoms with Crippen molar-refractivity contribution < 1.29 is 26.7 Å². The van der Waals surface area contributed by atoms with Crippen LogP contribution in [0.15, 0.2) is 215 Å². The summed E-state index contributed by atoms with van der Waals surface area (Å²) >= 11 is 0. The van der Waals surface area contributed by atoms with Crippen molar-refractivity contribution >= 4 is 109 Å². The van der Waals surface area contributed by atoms with E-state index in [2.05, 4.69) is 78.9 Å². The Hall–Kier alpha value is -8.46. The third-order valence-corrected chi connectivity index (χ3v) is 13.2. The van der Waals surface area contributed by atoms with Crippen molar-refractivity contribution in [3.8, 4) is 44.5 Å². The molecule has 0 saturated heterocycles. The molecule has 15 rings (SSSR count). The van der Waals surface area contributed by atoms with Crippen molar-refractivity contribution in [3.05, 3.63) is 206 Å². The highest BCUT2D eigenvalue weighted by Gasteiger charge is 2.23. The molecule has 2 nitrogen and oxygen atoms in total. The van der Waals surface area contributed by atoms with Crippen molar-refractivity contribution in [3.63, 3.8) is 0 Å². The molecule has 2 heterocycles. The summed E-state index contributed by atoms with van der Waals surface area (Å²) in [6.07, 6.45) is 0. The van der Waals surface area contributed by atoms with Crippen molar-refractivity contribution in [1.29, 1.82) is 0 Å². The van der Waals surface area contributed by atoms with E-state index in [0.29, 0.717) is 16.7 Å². The molecule has 0 N–H and O–H groups in total. The molecule has 294 valence electrons. The van der Waals surface area contributed by atoms with Gasteiger partial charge in [0, 0.05) is 21.5 Å². The number of fused-ring (bicyclic) bond motifs is 6. The standard InChI is InChI=1S/C62H34O2/c1-3-13-54-46(11-1)51-31-41(23-29-56(51)63-54)50-33-43(44-25-19-39-17-15-35-7-5-9-37-21-27-48(44)61(39)58(35)37)34-53(60(50)42-24-30-57-52(32-42)47-12-2-4-14-55(47)64-57)45-26-20-40-18-16-36-8-6-10-38-22-28-49(45)62(40)59(36)38/h1-34H/i1D,2D,3D,4D,11D,12D,13D,14D,23D,24D,29D,30D,31D. The van der Waals surface area contributed by atoms with Gasteiger partial charge in [0.15, 0.2) is 0 Å².